The molecule has 2 heterocycles. The largest absolute Gasteiger partial charge is 0.321 e. The Morgan fingerprint density at radius 2 is 1.89 bits per heavy atom. The van der Waals surface area contributed by atoms with Crippen molar-refractivity contribution in [1.82, 2.24) is 9.78 Å². The van der Waals surface area contributed by atoms with E-state index in [-0.39, 0.29) is 11.6 Å². The molecule has 0 radical (unpaired) electrons. The van der Waals surface area contributed by atoms with Gasteiger partial charge in [-0.2, -0.15) is 5.10 Å². The molecule has 4 rings (SSSR count). The first kappa shape index (κ1) is 17.9. The van der Waals surface area contributed by atoms with E-state index in [1.165, 1.54) is 23.5 Å². The third-order valence-electron chi connectivity index (χ3n) is 4.45. The van der Waals surface area contributed by atoms with Gasteiger partial charge in [0.05, 0.1) is 26.9 Å². The summed E-state index contributed by atoms with van der Waals surface area (Å²) in [5.74, 6) is -0.302. The molecule has 0 fully saturated rings. The van der Waals surface area contributed by atoms with Crippen LogP contribution < -0.4 is 5.32 Å². The van der Waals surface area contributed by atoms with Crippen molar-refractivity contribution in [2.75, 3.05) is 5.32 Å². The zero-order valence-electron chi connectivity index (χ0n) is 15.2. The molecule has 1 amide bonds. The van der Waals surface area contributed by atoms with E-state index in [1.54, 1.807) is 13.0 Å². The Kier molecular flexibility index (Phi) is 4.40. The molecule has 0 saturated carbocycles. The Bertz CT molecular complexity index is 1210. The van der Waals surface area contributed by atoms with Crippen LogP contribution in [0.25, 0.3) is 15.9 Å². The number of carbonyl (C=O) groups is 1. The molecule has 0 unspecified atom stereocenters. The van der Waals surface area contributed by atoms with Gasteiger partial charge in [-0.25, -0.2) is 4.68 Å². The van der Waals surface area contributed by atoms with Crippen LogP contribution in [-0.2, 0) is 0 Å². The smallest absolute Gasteiger partial charge is 0.271 e. The summed E-state index contributed by atoms with van der Waals surface area (Å²) >= 11 is 1.34. The van der Waals surface area contributed by atoms with Gasteiger partial charge in [-0.05, 0) is 37.6 Å². The van der Waals surface area contributed by atoms with Crippen molar-refractivity contribution in [1.29, 1.82) is 0 Å². The average molecular weight is 392 g/mol. The predicted molar refractivity (Wildman–Crippen MR) is 109 cm³/mol. The number of nitro benzene ring substituents is 1. The van der Waals surface area contributed by atoms with E-state index >= 15 is 0 Å². The maximum absolute atomic E-state index is 12.8. The van der Waals surface area contributed by atoms with Gasteiger partial charge in [0.15, 0.2) is 0 Å². The summed E-state index contributed by atoms with van der Waals surface area (Å²) in [6, 6.07) is 15.9. The van der Waals surface area contributed by atoms with Gasteiger partial charge >= 0.3 is 0 Å². The van der Waals surface area contributed by atoms with Gasteiger partial charge in [-0.15, -0.1) is 11.3 Å². The molecule has 140 valence electrons. The lowest BCUT2D eigenvalue weighted by atomic mass is 10.2. The number of non-ortho nitro benzene ring substituents is 1. The Hall–Kier alpha value is -3.52. The minimum atomic E-state index is -0.480. The number of hydrogen-bond donors (Lipinski definition) is 1. The number of hydrogen-bond acceptors (Lipinski definition) is 5. The molecule has 8 heteroatoms. The number of aromatic nitrogens is 2. The minimum absolute atomic E-state index is 0.0622. The molecule has 4 aromatic rings. The lowest BCUT2D eigenvalue weighted by Crippen LogP contribution is -2.11. The zero-order chi connectivity index (χ0) is 19.8. The van der Waals surface area contributed by atoms with Crippen molar-refractivity contribution >= 4 is 38.8 Å². The van der Waals surface area contributed by atoms with Gasteiger partial charge < -0.3 is 5.32 Å². The first-order valence-corrected chi connectivity index (χ1v) is 9.36. The number of carbonyl (C=O) groups excluding carboxylic acids is 1. The molecule has 0 spiro atoms. The predicted octanol–water partition coefficient (Wildman–Crippen LogP) is 4.86. The third-order valence-corrected chi connectivity index (χ3v) is 5.56. The van der Waals surface area contributed by atoms with Crippen molar-refractivity contribution in [3.63, 3.8) is 0 Å². The number of amides is 1. The summed E-state index contributed by atoms with van der Waals surface area (Å²) in [5, 5.41) is 19.3. The van der Waals surface area contributed by atoms with Gasteiger partial charge in [-0.3, -0.25) is 14.9 Å². The fraction of sp³-hybridized carbons (Fsp3) is 0.100. The van der Waals surface area contributed by atoms with E-state index < -0.39 is 4.92 Å². The highest BCUT2D eigenvalue weighted by Gasteiger charge is 2.18. The zero-order valence-corrected chi connectivity index (χ0v) is 16.0. The number of anilines is 1. The maximum atomic E-state index is 12.8. The molecular weight excluding hydrogens is 376 g/mol. The van der Waals surface area contributed by atoms with Crippen LogP contribution in [0.4, 0.5) is 11.4 Å². The number of aryl methyl sites for hydroxylation is 2. The number of nitrogens with one attached hydrogen (secondary N) is 1. The number of rotatable bonds is 4. The average Bonchev–Trinajstić information content (AvgIpc) is 3.25. The van der Waals surface area contributed by atoms with Crippen LogP contribution in [0.2, 0.25) is 0 Å². The highest BCUT2D eigenvalue weighted by atomic mass is 32.1. The van der Waals surface area contributed by atoms with E-state index in [2.05, 4.69) is 10.4 Å². The number of benzene rings is 2. The summed E-state index contributed by atoms with van der Waals surface area (Å²) < 4.78 is 1.82. The summed E-state index contributed by atoms with van der Waals surface area (Å²) in [5.41, 5.74) is 2.88. The normalized spacial score (nSPS) is 10.9. The van der Waals surface area contributed by atoms with E-state index in [9.17, 15) is 14.9 Å². The molecular formula is C20H16N4O3S. The van der Waals surface area contributed by atoms with Crippen LogP contribution in [0.1, 0.15) is 20.9 Å². The number of thiophene rings is 1. The van der Waals surface area contributed by atoms with Gasteiger partial charge in [0.2, 0.25) is 0 Å². The van der Waals surface area contributed by atoms with E-state index in [0.29, 0.717) is 10.6 Å². The molecule has 0 saturated heterocycles. The quantitative estimate of drug-likeness (QED) is 0.396. The third kappa shape index (κ3) is 3.14. The second-order valence-corrected chi connectivity index (χ2v) is 7.40. The van der Waals surface area contributed by atoms with Crippen molar-refractivity contribution in [3.05, 3.63) is 80.8 Å². The first-order chi connectivity index (χ1) is 13.4. The number of fused-ring (bicyclic) bond motifs is 1. The summed E-state index contributed by atoms with van der Waals surface area (Å²) in [6.45, 7) is 3.70. The van der Waals surface area contributed by atoms with Gasteiger partial charge in [0.1, 0.15) is 4.83 Å². The topological polar surface area (TPSA) is 90.1 Å². The van der Waals surface area contributed by atoms with E-state index in [1.807, 2.05) is 48.0 Å². The Morgan fingerprint density at radius 1 is 1.14 bits per heavy atom. The summed E-state index contributed by atoms with van der Waals surface area (Å²) in [7, 11) is 0. The highest BCUT2D eigenvalue weighted by Crippen LogP contribution is 2.31. The Balaban J connectivity index is 1.69. The van der Waals surface area contributed by atoms with Crippen LogP contribution in [0, 0.1) is 24.0 Å². The van der Waals surface area contributed by atoms with E-state index in [4.69, 9.17) is 0 Å². The van der Waals surface area contributed by atoms with E-state index in [0.717, 1.165) is 27.2 Å². The number of nitro groups is 1. The molecule has 0 atom stereocenters. The number of nitrogens with zero attached hydrogens (tertiary/aromatic N) is 3. The van der Waals surface area contributed by atoms with Crippen molar-refractivity contribution < 1.29 is 9.72 Å². The fourth-order valence-electron chi connectivity index (χ4n) is 2.95. The van der Waals surface area contributed by atoms with Crippen LogP contribution >= 0.6 is 11.3 Å². The molecule has 1 N–H and O–H groups in total. The Morgan fingerprint density at radius 3 is 2.61 bits per heavy atom. The van der Waals surface area contributed by atoms with Crippen molar-refractivity contribution in [2.24, 2.45) is 0 Å². The SMILES string of the molecule is Cc1ccc([N+](=O)[O-])cc1NC(=O)c1cc2c(C)nn(-c3ccccc3)c2s1. The molecule has 0 aliphatic carbocycles. The fourth-order valence-corrected chi connectivity index (χ4v) is 4.02. The van der Waals surface area contributed by atoms with Crippen LogP contribution in [0.15, 0.2) is 54.6 Å². The Labute approximate surface area is 164 Å². The maximum Gasteiger partial charge on any atom is 0.271 e. The molecule has 2 aromatic heterocycles. The van der Waals surface area contributed by atoms with Gasteiger partial charge in [-0.1, -0.05) is 24.3 Å². The molecule has 7 nitrogen and oxygen atoms in total. The van der Waals surface area contributed by atoms with Gasteiger partial charge in [0.25, 0.3) is 11.6 Å². The summed E-state index contributed by atoms with van der Waals surface area (Å²) in [6.07, 6.45) is 0. The van der Waals surface area contributed by atoms with Gasteiger partial charge in [0, 0.05) is 17.5 Å². The minimum Gasteiger partial charge on any atom is -0.321 e. The lowest BCUT2D eigenvalue weighted by molar-refractivity contribution is -0.384. The van der Waals surface area contributed by atoms with Crippen LogP contribution in [-0.4, -0.2) is 20.6 Å². The molecule has 28 heavy (non-hydrogen) atoms. The van der Waals surface area contributed by atoms with Crippen LogP contribution in [0.5, 0.6) is 0 Å². The number of para-hydroxylation sites is 1. The van der Waals surface area contributed by atoms with Crippen molar-refractivity contribution in [3.8, 4) is 5.69 Å². The molecule has 0 bridgehead atoms. The summed E-state index contributed by atoms with van der Waals surface area (Å²) in [4.78, 5) is 24.7. The molecule has 0 aliphatic heterocycles. The second kappa shape index (κ2) is 6.90. The first-order valence-electron chi connectivity index (χ1n) is 8.55. The lowest BCUT2D eigenvalue weighted by Gasteiger charge is -2.07. The molecule has 2 aromatic carbocycles. The van der Waals surface area contributed by atoms with Crippen LogP contribution in [0.3, 0.4) is 0 Å². The second-order valence-electron chi connectivity index (χ2n) is 6.37. The standard InChI is InChI=1S/C20H16N4O3S/c1-12-8-9-15(24(26)27)10-17(12)21-19(25)18-11-16-13(2)22-23(20(16)28-18)14-6-4-3-5-7-14/h3-11H,1-2H3,(H,21,25). The highest BCUT2D eigenvalue weighted by molar-refractivity contribution is 7.20. The van der Waals surface area contributed by atoms with Crippen molar-refractivity contribution in [2.45, 2.75) is 13.8 Å². The monoisotopic (exact) mass is 392 g/mol. The molecule has 0 aliphatic rings.